The van der Waals surface area contributed by atoms with Crippen molar-refractivity contribution in [2.24, 2.45) is 0 Å². The van der Waals surface area contributed by atoms with E-state index in [1.54, 1.807) is 0 Å². The summed E-state index contributed by atoms with van der Waals surface area (Å²) >= 11 is 0. The van der Waals surface area contributed by atoms with Crippen molar-refractivity contribution in [2.45, 2.75) is 0 Å². The fraction of sp³-hybridized carbons (Fsp3) is 0.667. The Balaban J connectivity index is 2.43. The molecule has 1 aliphatic rings. The van der Waals surface area contributed by atoms with Crippen LogP contribution in [0.2, 0.25) is 0 Å². The molecule has 11 heavy (non-hydrogen) atoms. The molecule has 5 heteroatoms. The van der Waals surface area contributed by atoms with Crippen molar-refractivity contribution in [1.29, 1.82) is 0 Å². The fourth-order valence-electron chi connectivity index (χ4n) is 1.14. The van der Waals surface area contributed by atoms with E-state index in [2.05, 4.69) is 49.8 Å². The molecule has 1 rings (SSSR count). The summed E-state index contributed by atoms with van der Waals surface area (Å²) in [5.74, 6) is 4.62. The van der Waals surface area contributed by atoms with Crippen LogP contribution in [0.25, 0.3) is 0 Å². The van der Waals surface area contributed by atoms with Gasteiger partial charge in [0.1, 0.15) is 0 Å². The van der Waals surface area contributed by atoms with Gasteiger partial charge in [0.2, 0.25) is 0 Å². The van der Waals surface area contributed by atoms with E-state index >= 15 is 0 Å². The Kier molecular flexibility index (Phi) is 3.17. The Morgan fingerprint density at radius 2 is 1.27 bits per heavy atom. The number of nitrogens with zero attached hydrogens (tertiary/aromatic N) is 2. The lowest BCUT2D eigenvalue weighted by molar-refractivity contribution is 0.661. The largest absolute Gasteiger partial charge is 0.341 e. The van der Waals surface area contributed by atoms with Crippen molar-refractivity contribution in [3.63, 3.8) is 0 Å². The molecule has 0 unspecified atom stereocenters. The van der Waals surface area contributed by atoms with Crippen LogP contribution in [-0.4, -0.2) is 50.9 Å². The summed E-state index contributed by atoms with van der Waals surface area (Å²) in [6.07, 6.45) is 0. The smallest absolute Gasteiger partial charge is 0.267 e. The Bertz CT molecular complexity index is 145. The Hall–Kier alpha value is 0.220. The van der Waals surface area contributed by atoms with E-state index in [0.29, 0.717) is 13.1 Å². The quantitative estimate of drug-likeness (QED) is 0.435. The molecule has 1 aliphatic heterocycles. The van der Waals surface area contributed by atoms with Crippen molar-refractivity contribution in [3.05, 3.63) is 12.0 Å². The van der Waals surface area contributed by atoms with Gasteiger partial charge >= 0.3 is 0 Å². The molecule has 0 saturated carbocycles. The van der Waals surface area contributed by atoms with Gasteiger partial charge in [-0.3, -0.25) is 0 Å². The molecule has 0 aromatic rings. The van der Waals surface area contributed by atoms with Crippen LogP contribution in [0.1, 0.15) is 0 Å². The zero-order valence-electron chi connectivity index (χ0n) is 7.70. The average Bonchev–Trinajstić information content (AvgIpc) is 2.33. The van der Waals surface area contributed by atoms with Gasteiger partial charge in [0.25, 0.3) is 13.1 Å². The molecule has 1 heterocycles. The molecule has 2 nitrogen and oxygen atoms in total. The van der Waals surface area contributed by atoms with Gasteiger partial charge in [0.15, 0.2) is 0 Å². The van der Waals surface area contributed by atoms with Crippen molar-refractivity contribution >= 4 is 21.5 Å². The lowest BCUT2D eigenvalue weighted by Gasteiger charge is -2.18. The number of rotatable bonds is 2. The van der Waals surface area contributed by atoms with E-state index in [-0.39, 0.29) is 0 Å². The molecular weight excluding hydrogens is 153 g/mol. The van der Waals surface area contributed by atoms with Crippen LogP contribution in [-0.2, 0) is 0 Å². The van der Waals surface area contributed by atoms with Gasteiger partial charge in [0, 0.05) is 0 Å². The van der Waals surface area contributed by atoms with Gasteiger partial charge < -0.3 is 9.62 Å². The van der Waals surface area contributed by atoms with E-state index < -0.39 is 0 Å². The van der Waals surface area contributed by atoms with E-state index in [1.165, 1.54) is 0 Å². The minimum atomic E-state index is 0.669. The highest BCUT2D eigenvalue weighted by molar-refractivity contribution is 8.02. The summed E-state index contributed by atoms with van der Waals surface area (Å²) in [5.41, 5.74) is 0. The first-order valence-electron chi connectivity index (χ1n) is 3.88. The van der Waals surface area contributed by atoms with E-state index in [0.717, 1.165) is 8.34 Å². The van der Waals surface area contributed by atoms with E-state index in [4.69, 9.17) is 0 Å². The van der Waals surface area contributed by atoms with Crippen molar-refractivity contribution < 1.29 is 0 Å². The highest BCUT2D eigenvalue weighted by Gasteiger charge is 2.28. The summed E-state index contributed by atoms with van der Waals surface area (Å²) in [6.45, 7) is 1.34. The Labute approximate surface area is 71.9 Å². The minimum Gasteiger partial charge on any atom is -0.341 e. The van der Waals surface area contributed by atoms with E-state index in [9.17, 15) is 0 Å². The first kappa shape index (κ1) is 9.31. The van der Waals surface area contributed by atoms with Gasteiger partial charge in [-0.1, -0.05) is 0 Å². The van der Waals surface area contributed by atoms with Crippen LogP contribution in [0.3, 0.4) is 0 Å². The van der Waals surface area contributed by atoms with E-state index in [1.807, 2.05) is 0 Å². The van der Waals surface area contributed by atoms with Crippen LogP contribution in [0.15, 0.2) is 12.0 Å². The number of hydrogen-bond donors (Lipinski definition) is 0. The van der Waals surface area contributed by atoms with Crippen LogP contribution in [0.5, 0.6) is 0 Å². The van der Waals surface area contributed by atoms with Crippen LogP contribution < -0.4 is 0 Å². The summed E-state index contributed by atoms with van der Waals surface area (Å²) in [7, 11) is 9.55. The van der Waals surface area contributed by atoms with Crippen LogP contribution >= 0.6 is 8.34 Å². The zero-order chi connectivity index (χ0) is 8.43. The molecule has 0 aromatic heterocycles. The molecular formula is C6H15B2N2P. The second-order valence-electron chi connectivity index (χ2n) is 3.37. The molecule has 0 amide bonds. The molecule has 0 N–H and O–H groups in total. The highest BCUT2D eigenvalue weighted by Crippen LogP contribution is 2.29. The van der Waals surface area contributed by atoms with Crippen LogP contribution in [0.4, 0.5) is 0 Å². The Morgan fingerprint density at radius 1 is 0.909 bits per heavy atom. The average molecular weight is 168 g/mol. The normalized spacial score (nSPS) is 17.6. The molecule has 0 radical (unpaired) electrons. The molecule has 0 spiro atoms. The van der Waals surface area contributed by atoms with Gasteiger partial charge in [-0.05, 0) is 28.2 Å². The fourth-order valence-corrected chi connectivity index (χ4v) is 2.53. The minimum absolute atomic E-state index is 0.669. The molecule has 0 fully saturated rings. The standard InChI is InChI=1S/C6H15B2N2P/c1-9(2)7-5-6-8(11-7)10(3)4/h5-6,11H,1-4H3. The molecule has 0 bridgehead atoms. The zero-order valence-corrected chi connectivity index (χ0v) is 8.70. The van der Waals surface area contributed by atoms with Crippen LogP contribution in [0, 0.1) is 0 Å². The third kappa shape index (κ3) is 2.33. The lowest BCUT2D eigenvalue weighted by atomic mass is 9.83. The first-order valence-corrected chi connectivity index (χ1v) is 5.04. The third-order valence-electron chi connectivity index (χ3n) is 1.93. The molecule has 0 saturated heterocycles. The molecule has 0 aromatic carbocycles. The maximum Gasteiger partial charge on any atom is 0.267 e. The molecule has 60 valence electrons. The molecule has 0 atom stereocenters. The summed E-state index contributed by atoms with van der Waals surface area (Å²) in [6, 6.07) is 0. The van der Waals surface area contributed by atoms with Gasteiger partial charge in [-0.25, -0.2) is 0 Å². The summed E-state index contributed by atoms with van der Waals surface area (Å²) in [5, 5.41) is 0. The molecule has 0 aliphatic carbocycles. The predicted molar refractivity (Wildman–Crippen MR) is 56.3 cm³/mol. The van der Waals surface area contributed by atoms with Crippen molar-refractivity contribution in [3.8, 4) is 0 Å². The second kappa shape index (κ2) is 3.75. The second-order valence-corrected chi connectivity index (χ2v) is 4.88. The van der Waals surface area contributed by atoms with Gasteiger partial charge in [-0.2, -0.15) is 0 Å². The third-order valence-corrected chi connectivity index (χ3v) is 4.03. The maximum atomic E-state index is 2.31. The number of hydrogen-bond acceptors (Lipinski definition) is 2. The van der Waals surface area contributed by atoms with Crippen molar-refractivity contribution in [2.75, 3.05) is 28.2 Å². The summed E-state index contributed by atoms with van der Waals surface area (Å²) < 4.78 is 0. The monoisotopic (exact) mass is 168 g/mol. The van der Waals surface area contributed by atoms with Crippen molar-refractivity contribution in [1.82, 2.24) is 9.62 Å². The van der Waals surface area contributed by atoms with Gasteiger partial charge in [-0.15, -0.1) is 20.3 Å². The predicted octanol–water partition coefficient (Wildman–Crippen LogP) is 0.413. The Morgan fingerprint density at radius 3 is 1.45 bits per heavy atom. The SMILES string of the molecule is CN(C)B1C=CB(N(C)C)P1. The highest BCUT2D eigenvalue weighted by atomic mass is 31.1. The first-order chi connectivity index (χ1) is 5.11. The topological polar surface area (TPSA) is 6.48 Å². The summed E-state index contributed by atoms with van der Waals surface area (Å²) in [4.78, 5) is 4.55. The lowest BCUT2D eigenvalue weighted by Crippen LogP contribution is -2.30. The maximum absolute atomic E-state index is 2.31. The van der Waals surface area contributed by atoms with Gasteiger partial charge in [0.05, 0.1) is 0 Å².